The number of carbonyl (C=O) groups excluding carboxylic acids is 1. The monoisotopic (exact) mass is 483 g/mol. The van der Waals surface area contributed by atoms with Crippen molar-refractivity contribution in [3.63, 3.8) is 0 Å². The SMILES string of the molecule is CC1CN(C(=O)Nc2ccn(-c3ccc(CN4CCC(CNC(=O)O)CC4)cc3)c(=O)n2)CCN1. The lowest BCUT2D eigenvalue weighted by Crippen LogP contribution is -2.52. The Bertz CT molecular complexity index is 1080. The Hall–Kier alpha value is -3.44. The molecule has 4 N–H and O–H groups in total. The molecular weight excluding hydrogens is 450 g/mol. The van der Waals surface area contributed by atoms with Crippen molar-refractivity contribution in [3.05, 3.63) is 52.6 Å². The summed E-state index contributed by atoms with van der Waals surface area (Å²) < 4.78 is 1.45. The number of nitrogens with zero attached hydrogens (tertiary/aromatic N) is 4. The maximum Gasteiger partial charge on any atom is 0.404 e. The molecule has 4 rings (SSSR count). The molecule has 0 spiro atoms. The molecule has 2 aliphatic rings. The quantitative estimate of drug-likeness (QED) is 0.490. The van der Waals surface area contributed by atoms with E-state index in [-0.39, 0.29) is 17.9 Å². The highest BCUT2D eigenvalue weighted by atomic mass is 16.4. The van der Waals surface area contributed by atoms with Crippen LogP contribution < -0.4 is 21.6 Å². The summed E-state index contributed by atoms with van der Waals surface area (Å²) in [5.74, 6) is 0.623. The average molecular weight is 484 g/mol. The number of carbonyl (C=O) groups is 2. The maximum atomic E-state index is 12.6. The van der Waals surface area contributed by atoms with Gasteiger partial charge in [-0.25, -0.2) is 14.4 Å². The Labute approximate surface area is 204 Å². The number of piperazine rings is 1. The Kier molecular flexibility index (Phi) is 7.98. The first-order valence-electron chi connectivity index (χ1n) is 12.0. The molecule has 1 aromatic carbocycles. The van der Waals surface area contributed by atoms with E-state index in [9.17, 15) is 14.4 Å². The van der Waals surface area contributed by atoms with Crippen molar-refractivity contribution in [2.75, 3.05) is 44.6 Å². The van der Waals surface area contributed by atoms with Crippen LogP contribution in [0.15, 0.2) is 41.3 Å². The van der Waals surface area contributed by atoms with Crippen LogP contribution in [0, 0.1) is 5.92 Å². The summed E-state index contributed by atoms with van der Waals surface area (Å²) in [5.41, 5.74) is 1.39. The molecule has 0 radical (unpaired) electrons. The Balaban J connectivity index is 1.31. The van der Waals surface area contributed by atoms with Crippen LogP contribution in [0.1, 0.15) is 25.3 Å². The first-order valence-corrected chi connectivity index (χ1v) is 12.0. The highest BCUT2D eigenvalue weighted by Gasteiger charge is 2.21. The number of piperidine rings is 1. The molecule has 35 heavy (non-hydrogen) atoms. The molecule has 3 amide bonds. The topological polar surface area (TPSA) is 132 Å². The van der Waals surface area contributed by atoms with Crippen LogP contribution in [0.5, 0.6) is 0 Å². The molecule has 0 bridgehead atoms. The van der Waals surface area contributed by atoms with Crippen molar-refractivity contribution in [2.24, 2.45) is 5.92 Å². The Morgan fingerprint density at radius 3 is 2.54 bits per heavy atom. The van der Waals surface area contributed by atoms with Gasteiger partial charge >= 0.3 is 17.8 Å². The number of carboxylic acid groups (broad SMARTS) is 1. The van der Waals surface area contributed by atoms with E-state index in [4.69, 9.17) is 5.11 Å². The summed E-state index contributed by atoms with van der Waals surface area (Å²) in [6.45, 7) is 7.15. The number of hydrogen-bond donors (Lipinski definition) is 4. The zero-order valence-corrected chi connectivity index (χ0v) is 19.9. The van der Waals surface area contributed by atoms with Gasteiger partial charge in [-0.1, -0.05) is 12.1 Å². The summed E-state index contributed by atoms with van der Waals surface area (Å²) in [6, 6.07) is 9.38. The number of amides is 3. The summed E-state index contributed by atoms with van der Waals surface area (Å²) in [4.78, 5) is 43.8. The Morgan fingerprint density at radius 2 is 1.89 bits per heavy atom. The second-order valence-electron chi connectivity index (χ2n) is 9.27. The lowest BCUT2D eigenvalue weighted by molar-refractivity contribution is 0.166. The minimum absolute atomic E-state index is 0.228. The second-order valence-corrected chi connectivity index (χ2v) is 9.27. The molecule has 188 valence electrons. The molecule has 11 heteroatoms. The van der Waals surface area contributed by atoms with Crippen LogP contribution in [0.4, 0.5) is 15.4 Å². The molecule has 2 saturated heterocycles. The fourth-order valence-electron chi connectivity index (χ4n) is 4.58. The van der Waals surface area contributed by atoms with Crippen LogP contribution in [0.25, 0.3) is 5.69 Å². The van der Waals surface area contributed by atoms with Gasteiger partial charge in [-0.05, 0) is 62.5 Å². The van der Waals surface area contributed by atoms with Crippen LogP contribution in [0.2, 0.25) is 0 Å². The molecule has 2 fully saturated rings. The molecule has 1 atom stereocenters. The summed E-state index contributed by atoms with van der Waals surface area (Å²) in [5, 5.41) is 17.2. The largest absolute Gasteiger partial charge is 0.465 e. The summed E-state index contributed by atoms with van der Waals surface area (Å²) in [7, 11) is 0. The average Bonchev–Trinajstić information content (AvgIpc) is 2.84. The molecule has 2 aromatic rings. The van der Waals surface area contributed by atoms with E-state index in [1.165, 1.54) is 4.57 Å². The highest BCUT2D eigenvalue weighted by Crippen LogP contribution is 2.19. The molecule has 11 nitrogen and oxygen atoms in total. The Morgan fingerprint density at radius 1 is 1.14 bits per heavy atom. The zero-order valence-electron chi connectivity index (χ0n) is 19.9. The third-order valence-corrected chi connectivity index (χ3v) is 6.56. The highest BCUT2D eigenvalue weighted by molar-refractivity contribution is 5.88. The number of aromatic nitrogens is 2. The van der Waals surface area contributed by atoms with Gasteiger partial charge in [0.25, 0.3) is 0 Å². The molecule has 1 aromatic heterocycles. The smallest absolute Gasteiger partial charge is 0.404 e. The van der Waals surface area contributed by atoms with E-state index in [1.54, 1.807) is 17.2 Å². The van der Waals surface area contributed by atoms with Gasteiger partial charge in [0.2, 0.25) is 0 Å². The van der Waals surface area contributed by atoms with Gasteiger partial charge in [-0.15, -0.1) is 0 Å². The lowest BCUT2D eigenvalue weighted by Gasteiger charge is -2.31. The van der Waals surface area contributed by atoms with E-state index in [0.717, 1.165) is 44.6 Å². The molecule has 3 heterocycles. The van der Waals surface area contributed by atoms with Gasteiger partial charge in [-0.2, -0.15) is 4.98 Å². The first kappa shape index (κ1) is 24.7. The number of nitrogens with one attached hydrogen (secondary N) is 3. The second kappa shape index (κ2) is 11.3. The number of benzene rings is 1. The van der Waals surface area contributed by atoms with E-state index in [2.05, 4.69) is 25.8 Å². The normalized spacial score (nSPS) is 19.3. The van der Waals surface area contributed by atoms with Crippen molar-refractivity contribution < 1.29 is 14.7 Å². The van der Waals surface area contributed by atoms with Crippen molar-refractivity contribution in [1.29, 1.82) is 0 Å². The van der Waals surface area contributed by atoms with E-state index < -0.39 is 11.8 Å². The van der Waals surface area contributed by atoms with Gasteiger partial charge in [0.1, 0.15) is 5.82 Å². The molecule has 2 aliphatic heterocycles. The van der Waals surface area contributed by atoms with Crippen LogP contribution >= 0.6 is 0 Å². The maximum absolute atomic E-state index is 12.6. The predicted octanol–water partition coefficient (Wildman–Crippen LogP) is 1.54. The number of rotatable bonds is 6. The van der Waals surface area contributed by atoms with E-state index in [0.29, 0.717) is 31.2 Å². The van der Waals surface area contributed by atoms with Gasteiger partial charge in [0.15, 0.2) is 0 Å². The summed E-state index contributed by atoms with van der Waals surface area (Å²) in [6.07, 6.45) is 2.59. The molecule has 1 unspecified atom stereocenters. The van der Waals surface area contributed by atoms with Crippen molar-refractivity contribution in [1.82, 2.24) is 30.0 Å². The van der Waals surface area contributed by atoms with E-state index in [1.807, 2.05) is 31.2 Å². The van der Waals surface area contributed by atoms with Gasteiger partial charge in [0.05, 0.1) is 5.69 Å². The van der Waals surface area contributed by atoms with Gasteiger partial charge in [-0.3, -0.25) is 14.8 Å². The number of anilines is 1. The fraction of sp³-hybridized carbons (Fsp3) is 0.500. The van der Waals surface area contributed by atoms with Crippen molar-refractivity contribution >= 4 is 17.9 Å². The zero-order chi connectivity index (χ0) is 24.8. The van der Waals surface area contributed by atoms with Crippen molar-refractivity contribution in [2.45, 2.75) is 32.4 Å². The van der Waals surface area contributed by atoms with Crippen LogP contribution in [-0.2, 0) is 6.54 Å². The standard InChI is InChI=1S/C24H33N7O4/c1-17-15-30(13-9-25-17)22(32)27-21-8-12-31(23(33)28-21)20-4-2-19(3-5-20)16-29-10-6-18(7-11-29)14-26-24(34)35/h2-5,8,12,17-18,25-26H,6-7,9-11,13-16H2,1H3,(H,34,35)(H,27,28,32,33). The first-order chi connectivity index (χ1) is 16.9. The molecular formula is C24H33N7O4. The van der Waals surface area contributed by atoms with E-state index >= 15 is 0 Å². The predicted molar refractivity (Wildman–Crippen MR) is 132 cm³/mol. The summed E-state index contributed by atoms with van der Waals surface area (Å²) >= 11 is 0. The minimum atomic E-state index is -0.967. The van der Waals surface area contributed by atoms with Crippen LogP contribution in [-0.4, -0.2) is 81.9 Å². The molecule has 0 saturated carbocycles. The minimum Gasteiger partial charge on any atom is -0.465 e. The fourth-order valence-corrected chi connectivity index (χ4v) is 4.58. The third kappa shape index (κ3) is 6.80. The number of urea groups is 1. The van der Waals surface area contributed by atoms with Crippen molar-refractivity contribution in [3.8, 4) is 5.69 Å². The van der Waals surface area contributed by atoms with Gasteiger partial charge < -0.3 is 20.6 Å². The lowest BCUT2D eigenvalue weighted by atomic mass is 9.96. The van der Waals surface area contributed by atoms with Crippen LogP contribution in [0.3, 0.4) is 0 Å². The molecule has 0 aliphatic carbocycles. The third-order valence-electron chi connectivity index (χ3n) is 6.56. The van der Waals surface area contributed by atoms with Gasteiger partial charge in [0, 0.05) is 45.0 Å². The number of hydrogen-bond acceptors (Lipinski definition) is 6. The number of likely N-dealkylation sites (tertiary alicyclic amines) is 1.